The van der Waals surface area contributed by atoms with Gasteiger partial charge in [0, 0.05) is 17.5 Å². The van der Waals surface area contributed by atoms with Gasteiger partial charge in [0.05, 0.1) is 5.69 Å². The van der Waals surface area contributed by atoms with Gasteiger partial charge >= 0.3 is 0 Å². The Morgan fingerprint density at radius 3 is 2.50 bits per heavy atom. The van der Waals surface area contributed by atoms with E-state index in [4.69, 9.17) is 10.7 Å². The molecular weight excluding hydrogens is 246 g/mol. The van der Waals surface area contributed by atoms with Crippen molar-refractivity contribution in [3.63, 3.8) is 0 Å². The topological polar surface area (TPSA) is 43.3 Å². The molecule has 0 atom stereocenters. The molecule has 1 aromatic carbocycles. The summed E-state index contributed by atoms with van der Waals surface area (Å²) in [5, 5.41) is 0. The van der Waals surface area contributed by atoms with E-state index in [2.05, 4.69) is 60.8 Å². The van der Waals surface area contributed by atoms with E-state index in [1.54, 1.807) is 0 Å². The second kappa shape index (κ2) is 5.10. The van der Waals surface area contributed by atoms with Crippen LogP contribution in [0.25, 0.3) is 16.9 Å². The van der Waals surface area contributed by atoms with Crippen molar-refractivity contribution in [1.82, 2.24) is 9.38 Å². The summed E-state index contributed by atoms with van der Waals surface area (Å²) in [5.41, 5.74) is 12.5. The van der Waals surface area contributed by atoms with Gasteiger partial charge in [-0.2, -0.15) is 0 Å². The number of nitrogens with zero attached hydrogens (tertiary/aromatic N) is 2. The number of hydrogen-bond acceptors (Lipinski definition) is 2. The molecule has 0 saturated carbocycles. The molecule has 0 unspecified atom stereocenters. The summed E-state index contributed by atoms with van der Waals surface area (Å²) >= 11 is 0. The van der Waals surface area contributed by atoms with Gasteiger partial charge in [0.2, 0.25) is 0 Å². The number of nitrogens with two attached hydrogens (primary N) is 1. The molecule has 0 saturated heterocycles. The fourth-order valence-corrected chi connectivity index (χ4v) is 2.54. The van der Waals surface area contributed by atoms with E-state index >= 15 is 0 Å². The van der Waals surface area contributed by atoms with Crippen LogP contribution in [-0.2, 0) is 6.42 Å². The molecule has 102 valence electrons. The first-order valence-corrected chi connectivity index (χ1v) is 6.94. The molecule has 3 heteroatoms. The number of benzene rings is 1. The monoisotopic (exact) mass is 265 g/mol. The van der Waals surface area contributed by atoms with Gasteiger partial charge in [-0.05, 0) is 44.0 Å². The third-order valence-electron chi connectivity index (χ3n) is 3.67. The number of imidazole rings is 1. The molecule has 0 spiro atoms. The Hall–Kier alpha value is -2.13. The van der Waals surface area contributed by atoms with Gasteiger partial charge in [0.15, 0.2) is 0 Å². The van der Waals surface area contributed by atoms with Crippen LogP contribution in [0.3, 0.4) is 0 Å². The second-order valence-electron chi connectivity index (χ2n) is 5.22. The van der Waals surface area contributed by atoms with E-state index in [0.717, 1.165) is 23.3 Å². The maximum Gasteiger partial charge on any atom is 0.137 e. The second-order valence-corrected chi connectivity index (χ2v) is 5.22. The maximum atomic E-state index is 5.58. The molecular formula is C17H19N3. The Morgan fingerprint density at radius 1 is 1.05 bits per heavy atom. The molecule has 0 bridgehead atoms. The molecule has 0 aliphatic rings. The largest absolute Gasteiger partial charge is 0.330 e. The maximum absolute atomic E-state index is 5.58. The van der Waals surface area contributed by atoms with E-state index in [-0.39, 0.29) is 0 Å². The number of rotatable bonds is 3. The molecule has 0 aliphatic heterocycles. The number of fused-ring (bicyclic) bond motifs is 1. The standard InChI is InChI=1S/C17H19N3/c1-12-3-8-16-19-17(13(2)20(16)11-12)15-6-4-14(5-7-15)9-10-18/h3-8,11H,9-10,18H2,1-2H3. The SMILES string of the molecule is Cc1ccc2nc(-c3ccc(CCN)cc3)c(C)n2c1. The lowest BCUT2D eigenvalue weighted by atomic mass is 10.1. The molecule has 20 heavy (non-hydrogen) atoms. The highest BCUT2D eigenvalue weighted by Crippen LogP contribution is 2.24. The zero-order chi connectivity index (χ0) is 14.1. The summed E-state index contributed by atoms with van der Waals surface area (Å²) in [7, 11) is 0. The number of hydrogen-bond donors (Lipinski definition) is 1. The fourth-order valence-electron chi connectivity index (χ4n) is 2.54. The van der Waals surface area contributed by atoms with Gasteiger partial charge in [-0.1, -0.05) is 30.3 Å². The zero-order valence-corrected chi connectivity index (χ0v) is 11.9. The summed E-state index contributed by atoms with van der Waals surface area (Å²) in [6.45, 7) is 4.90. The Balaban J connectivity index is 2.07. The predicted molar refractivity (Wildman–Crippen MR) is 82.9 cm³/mol. The highest BCUT2D eigenvalue weighted by Gasteiger charge is 2.10. The molecule has 2 aromatic heterocycles. The first kappa shape index (κ1) is 12.9. The third-order valence-corrected chi connectivity index (χ3v) is 3.67. The van der Waals surface area contributed by atoms with Crippen molar-refractivity contribution in [1.29, 1.82) is 0 Å². The van der Waals surface area contributed by atoms with Crippen molar-refractivity contribution in [2.45, 2.75) is 20.3 Å². The summed E-state index contributed by atoms with van der Waals surface area (Å²) in [6.07, 6.45) is 3.05. The van der Waals surface area contributed by atoms with Gasteiger partial charge in [-0.3, -0.25) is 0 Å². The fraction of sp³-hybridized carbons (Fsp3) is 0.235. The number of aromatic nitrogens is 2. The molecule has 0 amide bonds. The van der Waals surface area contributed by atoms with E-state index in [1.807, 2.05) is 0 Å². The molecule has 2 heterocycles. The molecule has 0 radical (unpaired) electrons. The van der Waals surface area contributed by atoms with Gasteiger partial charge in [0.25, 0.3) is 0 Å². The molecule has 0 aliphatic carbocycles. The minimum absolute atomic E-state index is 0.687. The van der Waals surface area contributed by atoms with Crippen LogP contribution in [0.15, 0.2) is 42.6 Å². The highest BCUT2D eigenvalue weighted by atomic mass is 15.0. The Bertz CT molecular complexity index is 739. The van der Waals surface area contributed by atoms with Crippen LogP contribution >= 0.6 is 0 Å². The van der Waals surface area contributed by atoms with E-state index in [1.165, 1.54) is 16.8 Å². The first-order chi connectivity index (χ1) is 9.69. The Morgan fingerprint density at radius 2 is 1.80 bits per heavy atom. The quantitative estimate of drug-likeness (QED) is 0.790. The molecule has 3 nitrogen and oxygen atoms in total. The minimum atomic E-state index is 0.687. The average molecular weight is 265 g/mol. The van der Waals surface area contributed by atoms with Crippen molar-refractivity contribution in [3.05, 3.63) is 59.4 Å². The van der Waals surface area contributed by atoms with Crippen LogP contribution in [0, 0.1) is 13.8 Å². The van der Waals surface area contributed by atoms with Gasteiger partial charge in [-0.15, -0.1) is 0 Å². The third kappa shape index (κ3) is 2.21. The lowest BCUT2D eigenvalue weighted by Crippen LogP contribution is -2.02. The predicted octanol–water partition coefficient (Wildman–Crippen LogP) is 3.12. The lowest BCUT2D eigenvalue weighted by Gasteiger charge is -2.02. The van der Waals surface area contributed by atoms with Crippen LogP contribution in [0.2, 0.25) is 0 Å². The molecule has 3 rings (SSSR count). The van der Waals surface area contributed by atoms with Crippen LogP contribution in [0.4, 0.5) is 0 Å². The van der Waals surface area contributed by atoms with Crippen LogP contribution in [0.5, 0.6) is 0 Å². The van der Waals surface area contributed by atoms with E-state index < -0.39 is 0 Å². The van der Waals surface area contributed by atoms with E-state index in [0.29, 0.717) is 6.54 Å². The Kier molecular flexibility index (Phi) is 3.28. The van der Waals surface area contributed by atoms with E-state index in [9.17, 15) is 0 Å². The minimum Gasteiger partial charge on any atom is -0.330 e. The van der Waals surface area contributed by atoms with Gasteiger partial charge < -0.3 is 10.1 Å². The lowest BCUT2D eigenvalue weighted by molar-refractivity contribution is 0.969. The zero-order valence-electron chi connectivity index (χ0n) is 11.9. The Labute approximate surface area is 119 Å². The van der Waals surface area contributed by atoms with Crippen molar-refractivity contribution >= 4 is 5.65 Å². The van der Waals surface area contributed by atoms with Crippen LogP contribution in [0.1, 0.15) is 16.8 Å². The normalized spacial score (nSPS) is 11.2. The molecule has 0 fully saturated rings. The summed E-state index contributed by atoms with van der Waals surface area (Å²) in [6, 6.07) is 12.7. The van der Waals surface area contributed by atoms with Crippen molar-refractivity contribution < 1.29 is 0 Å². The first-order valence-electron chi connectivity index (χ1n) is 6.94. The number of pyridine rings is 1. The van der Waals surface area contributed by atoms with Crippen molar-refractivity contribution in [3.8, 4) is 11.3 Å². The average Bonchev–Trinajstić information content (AvgIpc) is 2.77. The smallest absolute Gasteiger partial charge is 0.137 e. The summed E-state index contributed by atoms with van der Waals surface area (Å²) in [5.74, 6) is 0. The molecule has 3 aromatic rings. The highest BCUT2D eigenvalue weighted by molar-refractivity contribution is 5.66. The number of aryl methyl sites for hydroxylation is 2. The van der Waals surface area contributed by atoms with Crippen LogP contribution < -0.4 is 5.73 Å². The van der Waals surface area contributed by atoms with Crippen molar-refractivity contribution in [2.24, 2.45) is 5.73 Å². The van der Waals surface area contributed by atoms with Crippen molar-refractivity contribution in [2.75, 3.05) is 6.54 Å². The molecule has 2 N–H and O–H groups in total. The summed E-state index contributed by atoms with van der Waals surface area (Å²) in [4.78, 5) is 4.74. The van der Waals surface area contributed by atoms with Crippen LogP contribution in [-0.4, -0.2) is 15.9 Å². The summed E-state index contributed by atoms with van der Waals surface area (Å²) < 4.78 is 2.15. The van der Waals surface area contributed by atoms with Gasteiger partial charge in [-0.25, -0.2) is 4.98 Å². The van der Waals surface area contributed by atoms with Gasteiger partial charge in [0.1, 0.15) is 5.65 Å².